The van der Waals surface area contributed by atoms with Crippen molar-refractivity contribution in [2.24, 2.45) is 0 Å². The molecule has 0 aliphatic carbocycles. The van der Waals surface area contributed by atoms with Gasteiger partial charge in [-0.2, -0.15) is 0 Å². The molecule has 3 heteroatoms. The number of rotatable bonds is 5. The highest BCUT2D eigenvalue weighted by Crippen LogP contribution is 2.19. The maximum atomic E-state index is 11.9. The minimum atomic E-state index is 0.257. The van der Waals surface area contributed by atoms with Crippen LogP contribution in [-0.4, -0.2) is 11.5 Å². The van der Waals surface area contributed by atoms with Gasteiger partial charge in [-0.15, -0.1) is 11.8 Å². The molecule has 0 amide bonds. The molecule has 0 radical (unpaired) electrons. The summed E-state index contributed by atoms with van der Waals surface area (Å²) in [5.74, 6) is 0.784. The van der Waals surface area contributed by atoms with Gasteiger partial charge in [-0.05, 0) is 36.8 Å². The summed E-state index contributed by atoms with van der Waals surface area (Å²) in [7, 11) is 0. The van der Waals surface area contributed by atoms with E-state index < -0.39 is 0 Å². The van der Waals surface area contributed by atoms with Gasteiger partial charge in [-0.1, -0.05) is 45.8 Å². The normalized spacial score (nSPS) is 10.4. The predicted molar refractivity (Wildman–Crippen MR) is 84.8 cm³/mol. The fourth-order valence-corrected chi connectivity index (χ4v) is 2.70. The highest BCUT2D eigenvalue weighted by Gasteiger charge is 2.05. The van der Waals surface area contributed by atoms with Crippen molar-refractivity contribution in [2.75, 3.05) is 5.75 Å². The molecule has 1 nitrogen and oxygen atoms in total. The maximum absolute atomic E-state index is 11.9. The van der Waals surface area contributed by atoms with Crippen molar-refractivity contribution in [1.82, 2.24) is 0 Å². The van der Waals surface area contributed by atoms with Crippen LogP contribution in [0.3, 0.4) is 0 Å². The molecule has 0 saturated heterocycles. The van der Waals surface area contributed by atoms with Crippen LogP contribution in [-0.2, 0) is 11.2 Å². The molecule has 0 N–H and O–H groups in total. The number of carbonyl (C=O) groups is 1. The SMILES string of the molecule is Cc1ccc(SCC(=O)Cc2ccc(Br)cc2)cc1. The van der Waals surface area contributed by atoms with Crippen LogP contribution in [0.25, 0.3) is 0 Å². The first-order valence-electron chi connectivity index (χ1n) is 6.09. The van der Waals surface area contributed by atoms with E-state index in [1.54, 1.807) is 11.8 Å². The van der Waals surface area contributed by atoms with Gasteiger partial charge in [-0.3, -0.25) is 4.79 Å². The largest absolute Gasteiger partial charge is 0.298 e. The highest BCUT2D eigenvalue weighted by molar-refractivity contribution is 9.10. The summed E-state index contributed by atoms with van der Waals surface area (Å²) < 4.78 is 1.04. The Hall–Kier alpha value is -1.06. The number of hydrogen-bond acceptors (Lipinski definition) is 2. The maximum Gasteiger partial charge on any atom is 0.147 e. The Kier molecular flexibility index (Phi) is 5.23. The topological polar surface area (TPSA) is 17.1 Å². The molecule has 0 atom stereocenters. The second kappa shape index (κ2) is 6.92. The van der Waals surface area contributed by atoms with Crippen LogP contribution in [0.15, 0.2) is 57.9 Å². The lowest BCUT2D eigenvalue weighted by atomic mass is 10.1. The Morgan fingerprint density at radius 2 is 1.68 bits per heavy atom. The Morgan fingerprint density at radius 3 is 2.32 bits per heavy atom. The van der Waals surface area contributed by atoms with Gasteiger partial charge < -0.3 is 0 Å². The zero-order valence-corrected chi connectivity index (χ0v) is 13.1. The van der Waals surface area contributed by atoms with Crippen molar-refractivity contribution in [3.8, 4) is 0 Å². The van der Waals surface area contributed by atoms with E-state index in [0.717, 1.165) is 14.9 Å². The molecule has 2 aromatic rings. The molecule has 0 aromatic heterocycles. The molecular weight excluding hydrogens is 320 g/mol. The number of carbonyl (C=O) groups excluding carboxylic acids is 1. The number of Topliss-reactive ketones (excluding diaryl/α,β-unsaturated/α-hetero) is 1. The van der Waals surface area contributed by atoms with Crippen LogP contribution in [0.4, 0.5) is 0 Å². The Bertz CT molecular complexity index is 546. The van der Waals surface area contributed by atoms with Crippen molar-refractivity contribution in [3.63, 3.8) is 0 Å². The fraction of sp³-hybridized carbons (Fsp3) is 0.188. The Morgan fingerprint density at radius 1 is 1.05 bits per heavy atom. The van der Waals surface area contributed by atoms with E-state index in [4.69, 9.17) is 0 Å². The van der Waals surface area contributed by atoms with E-state index in [9.17, 15) is 4.79 Å². The fourth-order valence-electron chi connectivity index (χ4n) is 1.68. The molecule has 2 aromatic carbocycles. The summed E-state index contributed by atoms with van der Waals surface area (Å²) in [5.41, 5.74) is 2.31. The molecule has 98 valence electrons. The lowest BCUT2D eigenvalue weighted by Gasteiger charge is -2.03. The van der Waals surface area contributed by atoms with Gasteiger partial charge in [0.1, 0.15) is 5.78 Å². The molecule has 0 aliphatic rings. The van der Waals surface area contributed by atoms with E-state index in [2.05, 4.69) is 47.1 Å². The molecule has 0 aliphatic heterocycles. The number of thioether (sulfide) groups is 1. The van der Waals surface area contributed by atoms with Gasteiger partial charge in [0.15, 0.2) is 0 Å². The van der Waals surface area contributed by atoms with E-state index >= 15 is 0 Å². The van der Waals surface area contributed by atoms with Gasteiger partial charge in [0.25, 0.3) is 0 Å². The van der Waals surface area contributed by atoms with Crippen LogP contribution < -0.4 is 0 Å². The van der Waals surface area contributed by atoms with Crippen molar-refractivity contribution in [3.05, 3.63) is 64.1 Å². The van der Waals surface area contributed by atoms with Crippen molar-refractivity contribution in [1.29, 1.82) is 0 Å². The Balaban J connectivity index is 1.84. The van der Waals surface area contributed by atoms with E-state index in [0.29, 0.717) is 12.2 Å². The zero-order valence-electron chi connectivity index (χ0n) is 10.7. The van der Waals surface area contributed by atoms with Crippen molar-refractivity contribution < 1.29 is 4.79 Å². The lowest BCUT2D eigenvalue weighted by Crippen LogP contribution is -2.05. The molecule has 0 saturated carbocycles. The number of hydrogen-bond donors (Lipinski definition) is 0. The summed E-state index contributed by atoms with van der Waals surface area (Å²) in [6.07, 6.45) is 0.506. The van der Waals surface area contributed by atoms with Gasteiger partial charge in [0.05, 0.1) is 5.75 Å². The summed E-state index contributed by atoms with van der Waals surface area (Å²) >= 11 is 4.99. The third-order valence-corrected chi connectivity index (χ3v) is 4.34. The molecular formula is C16H15BrOS. The van der Waals surface area contributed by atoms with Crippen LogP contribution in [0.5, 0.6) is 0 Å². The molecule has 0 unspecified atom stereocenters. The quantitative estimate of drug-likeness (QED) is 0.739. The van der Waals surface area contributed by atoms with Crippen molar-refractivity contribution >= 4 is 33.5 Å². The first-order valence-corrected chi connectivity index (χ1v) is 7.87. The summed E-state index contributed by atoms with van der Waals surface area (Å²) in [6, 6.07) is 16.2. The number of aryl methyl sites for hydroxylation is 1. The monoisotopic (exact) mass is 334 g/mol. The standard InChI is InChI=1S/C16H15BrOS/c1-12-2-8-16(9-3-12)19-11-15(18)10-13-4-6-14(17)7-5-13/h2-9H,10-11H2,1H3. The lowest BCUT2D eigenvalue weighted by molar-refractivity contribution is -0.116. The molecule has 2 rings (SSSR count). The number of ketones is 1. The number of benzene rings is 2. The second-order valence-corrected chi connectivity index (χ2v) is 6.41. The third-order valence-electron chi connectivity index (χ3n) is 2.74. The first kappa shape index (κ1) is 14.4. The average Bonchev–Trinajstić information content (AvgIpc) is 2.41. The summed E-state index contributed by atoms with van der Waals surface area (Å²) in [5, 5.41) is 0. The number of halogens is 1. The summed E-state index contributed by atoms with van der Waals surface area (Å²) in [6.45, 7) is 2.06. The van der Waals surface area contributed by atoms with Gasteiger partial charge in [0, 0.05) is 15.8 Å². The third kappa shape index (κ3) is 4.84. The molecule has 0 bridgehead atoms. The zero-order chi connectivity index (χ0) is 13.7. The first-order chi connectivity index (χ1) is 9.13. The molecule has 19 heavy (non-hydrogen) atoms. The van der Waals surface area contributed by atoms with Gasteiger partial charge in [0.2, 0.25) is 0 Å². The molecule has 0 fully saturated rings. The highest BCUT2D eigenvalue weighted by atomic mass is 79.9. The van der Waals surface area contributed by atoms with Crippen LogP contribution >= 0.6 is 27.7 Å². The van der Waals surface area contributed by atoms with Crippen LogP contribution in [0.1, 0.15) is 11.1 Å². The smallest absolute Gasteiger partial charge is 0.147 e. The minimum absolute atomic E-state index is 0.257. The van der Waals surface area contributed by atoms with E-state index in [-0.39, 0.29) is 5.78 Å². The average molecular weight is 335 g/mol. The predicted octanol–water partition coefficient (Wildman–Crippen LogP) is 4.66. The van der Waals surface area contributed by atoms with E-state index in [1.807, 2.05) is 24.3 Å². The Labute approximate surface area is 126 Å². The van der Waals surface area contributed by atoms with Crippen LogP contribution in [0.2, 0.25) is 0 Å². The molecule has 0 spiro atoms. The second-order valence-electron chi connectivity index (χ2n) is 4.44. The van der Waals surface area contributed by atoms with Gasteiger partial charge in [-0.25, -0.2) is 0 Å². The molecule has 0 heterocycles. The van der Waals surface area contributed by atoms with Gasteiger partial charge >= 0.3 is 0 Å². The van der Waals surface area contributed by atoms with Crippen LogP contribution in [0, 0.1) is 6.92 Å². The van der Waals surface area contributed by atoms with E-state index in [1.165, 1.54) is 5.56 Å². The minimum Gasteiger partial charge on any atom is -0.298 e. The van der Waals surface area contributed by atoms with Crippen molar-refractivity contribution in [2.45, 2.75) is 18.2 Å². The summed E-state index contributed by atoms with van der Waals surface area (Å²) in [4.78, 5) is 13.1.